The molecule has 0 bridgehead atoms. The lowest BCUT2D eigenvalue weighted by Crippen LogP contribution is -2.32. The molecule has 0 saturated carbocycles. The van der Waals surface area contributed by atoms with Gasteiger partial charge in [0.1, 0.15) is 18.2 Å². The van der Waals surface area contributed by atoms with Crippen molar-refractivity contribution in [2.75, 3.05) is 5.32 Å². The molecule has 3 aromatic rings. The van der Waals surface area contributed by atoms with E-state index in [1.807, 2.05) is 30.3 Å². The van der Waals surface area contributed by atoms with E-state index in [9.17, 15) is 14.0 Å². The van der Waals surface area contributed by atoms with Crippen LogP contribution in [-0.4, -0.2) is 18.0 Å². The first-order valence-corrected chi connectivity index (χ1v) is 9.67. The number of halogens is 2. The lowest BCUT2D eigenvalue weighted by atomic mass is 10.2. The Bertz CT molecular complexity index is 1070. The summed E-state index contributed by atoms with van der Waals surface area (Å²) < 4.78 is 20.0. The van der Waals surface area contributed by atoms with Crippen LogP contribution in [0.5, 0.6) is 5.75 Å². The van der Waals surface area contributed by atoms with Gasteiger partial charge >= 0.3 is 11.8 Å². The Hall–Kier alpha value is -3.52. The van der Waals surface area contributed by atoms with E-state index in [0.29, 0.717) is 22.4 Å². The monoisotopic (exact) mass is 469 g/mol. The van der Waals surface area contributed by atoms with Crippen molar-refractivity contribution in [3.63, 3.8) is 0 Å². The first-order chi connectivity index (χ1) is 14.5. The van der Waals surface area contributed by atoms with Crippen LogP contribution in [0.3, 0.4) is 0 Å². The molecule has 0 aromatic heterocycles. The molecule has 30 heavy (non-hydrogen) atoms. The molecule has 0 unspecified atom stereocenters. The van der Waals surface area contributed by atoms with E-state index in [2.05, 4.69) is 31.8 Å². The fourth-order valence-electron chi connectivity index (χ4n) is 2.41. The molecule has 0 saturated heterocycles. The number of benzene rings is 3. The second-order valence-corrected chi connectivity index (χ2v) is 7.04. The van der Waals surface area contributed by atoms with Crippen LogP contribution in [0.2, 0.25) is 0 Å². The van der Waals surface area contributed by atoms with Crippen LogP contribution in [0.4, 0.5) is 10.1 Å². The zero-order chi connectivity index (χ0) is 21.3. The van der Waals surface area contributed by atoms with E-state index in [0.717, 1.165) is 5.56 Å². The van der Waals surface area contributed by atoms with Gasteiger partial charge < -0.3 is 10.1 Å². The number of nitrogens with zero attached hydrogens (tertiary/aromatic N) is 1. The van der Waals surface area contributed by atoms with E-state index in [1.165, 1.54) is 18.3 Å². The number of hydrazone groups is 1. The van der Waals surface area contributed by atoms with Gasteiger partial charge in [0, 0.05) is 4.47 Å². The Morgan fingerprint density at radius 2 is 1.80 bits per heavy atom. The summed E-state index contributed by atoms with van der Waals surface area (Å²) >= 11 is 3.11. The Kier molecular flexibility index (Phi) is 7.29. The van der Waals surface area contributed by atoms with Gasteiger partial charge in [-0.3, -0.25) is 9.59 Å². The number of anilines is 1. The van der Waals surface area contributed by atoms with E-state index in [4.69, 9.17) is 4.74 Å². The predicted octanol–water partition coefficient (Wildman–Crippen LogP) is 4.26. The predicted molar refractivity (Wildman–Crippen MR) is 116 cm³/mol. The van der Waals surface area contributed by atoms with Crippen molar-refractivity contribution in [3.8, 4) is 5.75 Å². The molecule has 3 rings (SSSR count). The van der Waals surface area contributed by atoms with E-state index in [-0.39, 0.29) is 5.69 Å². The molecule has 2 amide bonds. The lowest BCUT2D eigenvalue weighted by molar-refractivity contribution is -0.136. The van der Waals surface area contributed by atoms with Crippen molar-refractivity contribution in [3.05, 3.63) is 94.2 Å². The fourth-order valence-corrected chi connectivity index (χ4v) is 2.74. The van der Waals surface area contributed by atoms with Crippen LogP contribution in [-0.2, 0) is 16.2 Å². The molecule has 0 aliphatic heterocycles. The molecule has 2 N–H and O–H groups in total. The summed E-state index contributed by atoms with van der Waals surface area (Å²) in [4.78, 5) is 23.7. The summed E-state index contributed by atoms with van der Waals surface area (Å²) in [6, 6.07) is 20.9. The van der Waals surface area contributed by atoms with Crippen molar-refractivity contribution in [2.45, 2.75) is 6.61 Å². The molecule has 3 aromatic carbocycles. The zero-order valence-corrected chi connectivity index (χ0v) is 17.2. The number of carbonyl (C=O) groups is 2. The van der Waals surface area contributed by atoms with E-state index >= 15 is 0 Å². The van der Waals surface area contributed by atoms with Gasteiger partial charge in [0.2, 0.25) is 0 Å². The SMILES string of the molecule is O=C(N/N=C/c1cccc(OCc2ccccc2)c1)C(=O)Nc1ccc(Br)cc1F. The Labute approximate surface area is 180 Å². The van der Waals surface area contributed by atoms with Gasteiger partial charge in [-0.05, 0) is 41.5 Å². The Balaban J connectivity index is 1.52. The van der Waals surface area contributed by atoms with Gasteiger partial charge in [-0.15, -0.1) is 0 Å². The summed E-state index contributed by atoms with van der Waals surface area (Å²) in [6.45, 7) is 0.422. The maximum absolute atomic E-state index is 13.7. The van der Waals surface area contributed by atoms with Crippen LogP contribution < -0.4 is 15.5 Å². The summed E-state index contributed by atoms with van der Waals surface area (Å²) in [5.41, 5.74) is 3.71. The number of ether oxygens (including phenoxy) is 1. The minimum absolute atomic E-state index is 0.106. The standard InChI is InChI=1S/C22H17BrFN3O3/c23-17-9-10-20(19(24)12-17)26-21(28)22(29)27-25-13-16-7-4-8-18(11-16)30-14-15-5-2-1-3-6-15/h1-13H,14H2,(H,26,28)(H,27,29)/b25-13+. The molecule has 8 heteroatoms. The molecule has 0 aliphatic rings. The van der Waals surface area contributed by atoms with Gasteiger partial charge in [0.15, 0.2) is 0 Å². The van der Waals surface area contributed by atoms with Crippen LogP contribution in [0.25, 0.3) is 0 Å². The molecule has 0 radical (unpaired) electrons. The van der Waals surface area contributed by atoms with Gasteiger partial charge in [-0.2, -0.15) is 5.10 Å². The van der Waals surface area contributed by atoms with Crippen LogP contribution in [0, 0.1) is 5.82 Å². The number of rotatable bonds is 6. The normalized spacial score (nSPS) is 10.6. The first-order valence-electron chi connectivity index (χ1n) is 8.87. The van der Waals surface area contributed by atoms with Crippen molar-refractivity contribution in [1.82, 2.24) is 5.43 Å². The Morgan fingerprint density at radius 1 is 1.00 bits per heavy atom. The molecule has 0 aliphatic carbocycles. The Morgan fingerprint density at radius 3 is 2.57 bits per heavy atom. The third-order valence-corrected chi connectivity index (χ3v) is 4.36. The molecule has 6 nitrogen and oxygen atoms in total. The molecule has 0 atom stereocenters. The second kappa shape index (κ2) is 10.3. The number of amides is 2. The smallest absolute Gasteiger partial charge is 0.329 e. The summed E-state index contributed by atoms with van der Waals surface area (Å²) in [7, 11) is 0. The average molecular weight is 470 g/mol. The third kappa shape index (κ3) is 6.25. The van der Waals surface area contributed by atoms with Gasteiger partial charge in [-0.1, -0.05) is 58.4 Å². The van der Waals surface area contributed by atoms with Crippen LogP contribution >= 0.6 is 15.9 Å². The van der Waals surface area contributed by atoms with E-state index in [1.54, 1.807) is 30.3 Å². The lowest BCUT2D eigenvalue weighted by Gasteiger charge is -2.07. The van der Waals surface area contributed by atoms with Crippen molar-refractivity contribution < 1.29 is 18.7 Å². The molecule has 0 spiro atoms. The minimum atomic E-state index is -1.03. The number of hydrogen-bond acceptors (Lipinski definition) is 4. The highest BCUT2D eigenvalue weighted by molar-refractivity contribution is 9.10. The van der Waals surface area contributed by atoms with Crippen molar-refractivity contribution in [1.29, 1.82) is 0 Å². The van der Waals surface area contributed by atoms with Gasteiger partial charge in [-0.25, -0.2) is 9.82 Å². The number of hydrogen-bond donors (Lipinski definition) is 2. The minimum Gasteiger partial charge on any atom is -0.489 e. The third-order valence-electron chi connectivity index (χ3n) is 3.87. The largest absolute Gasteiger partial charge is 0.489 e. The summed E-state index contributed by atoms with van der Waals surface area (Å²) in [5, 5.41) is 5.94. The topological polar surface area (TPSA) is 79.8 Å². The fraction of sp³-hybridized carbons (Fsp3) is 0.0455. The maximum atomic E-state index is 13.7. The number of nitrogens with one attached hydrogen (secondary N) is 2. The molecular weight excluding hydrogens is 453 g/mol. The van der Waals surface area contributed by atoms with Crippen molar-refractivity contribution in [2.24, 2.45) is 5.10 Å². The molecule has 0 heterocycles. The number of carbonyl (C=O) groups excluding carboxylic acids is 2. The molecular formula is C22H17BrFN3O3. The zero-order valence-electron chi connectivity index (χ0n) is 15.6. The molecule has 152 valence electrons. The van der Waals surface area contributed by atoms with Crippen LogP contribution in [0.1, 0.15) is 11.1 Å². The highest BCUT2D eigenvalue weighted by Crippen LogP contribution is 2.19. The first kappa shape index (κ1) is 21.2. The summed E-state index contributed by atoms with van der Waals surface area (Å²) in [6.07, 6.45) is 1.38. The van der Waals surface area contributed by atoms with Gasteiger partial charge in [0.05, 0.1) is 11.9 Å². The summed E-state index contributed by atoms with van der Waals surface area (Å²) in [5.74, 6) is -2.09. The average Bonchev–Trinajstić information content (AvgIpc) is 2.75. The van der Waals surface area contributed by atoms with Crippen molar-refractivity contribution >= 4 is 39.6 Å². The second-order valence-electron chi connectivity index (χ2n) is 6.12. The highest BCUT2D eigenvalue weighted by Gasteiger charge is 2.15. The highest BCUT2D eigenvalue weighted by atomic mass is 79.9. The maximum Gasteiger partial charge on any atom is 0.329 e. The molecule has 0 fully saturated rings. The quantitative estimate of drug-likeness (QED) is 0.321. The van der Waals surface area contributed by atoms with Gasteiger partial charge in [0.25, 0.3) is 0 Å². The van der Waals surface area contributed by atoms with E-state index < -0.39 is 17.6 Å². The van der Waals surface area contributed by atoms with Crippen LogP contribution in [0.15, 0.2) is 82.4 Å².